The van der Waals surface area contributed by atoms with Crippen molar-refractivity contribution < 1.29 is 9.53 Å². The van der Waals surface area contributed by atoms with Crippen molar-refractivity contribution in [3.63, 3.8) is 0 Å². The van der Waals surface area contributed by atoms with Crippen molar-refractivity contribution in [2.75, 3.05) is 12.4 Å². The van der Waals surface area contributed by atoms with E-state index in [1.807, 2.05) is 26.0 Å². The Balaban J connectivity index is 2.27. The molecule has 2 rings (SSSR count). The van der Waals surface area contributed by atoms with Crippen LogP contribution in [0, 0.1) is 13.8 Å². The number of carbonyl (C=O) groups excluding carboxylic acids is 1. The molecule has 0 radical (unpaired) electrons. The van der Waals surface area contributed by atoms with Crippen molar-refractivity contribution in [2.24, 2.45) is 0 Å². The molecule has 0 saturated carbocycles. The Kier molecular flexibility index (Phi) is 4.45. The van der Waals surface area contributed by atoms with Crippen molar-refractivity contribution in [3.8, 4) is 5.75 Å². The molecule has 0 bridgehead atoms. The van der Waals surface area contributed by atoms with Gasteiger partial charge in [0.1, 0.15) is 5.75 Å². The highest BCUT2D eigenvalue weighted by Crippen LogP contribution is 2.24. The summed E-state index contributed by atoms with van der Waals surface area (Å²) in [5, 5.41) is 2.91. The van der Waals surface area contributed by atoms with Crippen LogP contribution in [0.1, 0.15) is 21.5 Å². The van der Waals surface area contributed by atoms with E-state index in [9.17, 15) is 4.79 Å². The third-order valence-electron chi connectivity index (χ3n) is 2.90. The number of nitrogens with one attached hydrogen (secondary N) is 1. The summed E-state index contributed by atoms with van der Waals surface area (Å²) in [5.41, 5.74) is 3.57. The van der Waals surface area contributed by atoms with Crippen LogP contribution in [-0.2, 0) is 0 Å². The number of methoxy groups -OCH3 is 1. The molecule has 4 heteroatoms. The fourth-order valence-corrected chi connectivity index (χ4v) is 2.48. The van der Waals surface area contributed by atoms with Gasteiger partial charge in [0.25, 0.3) is 5.91 Å². The third kappa shape index (κ3) is 3.39. The van der Waals surface area contributed by atoms with Crippen molar-refractivity contribution in [2.45, 2.75) is 13.8 Å². The number of anilines is 1. The first-order chi connectivity index (χ1) is 9.49. The number of amides is 1. The van der Waals surface area contributed by atoms with E-state index >= 15 is 0 Å². The maximum Gasteiger partial charge on any atom is 0.256 e. The summed E-state index contributed by atoms with van der Waals surface area (Å²) in [6.45, 7) is 4.01. The van der Waals surface area contributed by atoms with Crippen molar-refractivity contribution in [1.82, 2.24) is 0 Å². The molecule has 0 aromatic heterocycles. The average molecular weight is 334 g/mol. The van der Waals surface area contributed by atoms with Crippen LogP contribution in [0.3, 0.4) is 0 Å². The first-order valence-electron chi connectivity index (χ1n) is 6.23. The zero-order valence-corrected chi connectivity index (χ0v) is 13.2. The summed E-state index contributed by atoms with van der Waals surface area (Å²) in [7, 11) is 1.58. The highest BCUT2D eigenvalue weighted by atomic mass is 79.9. The molecular weight excluding hydrogens is 318 g/mol. The molecular formula is C16H16BrNO2. The number of carbonyl (C=O) groups is 1. The molecule has 3 nitrogen and oxygen atoms in total. The molecule has 2 aromatic rings. The lowest BCUT2D eigenvalue weighted by Gasteiger charge is -2.10. The predicted octanol–water partition coefficient (Wildman–Crippen LogP) is 4.33. The molecule has 0 aliphatic carbocycles. The topological polar surface area (TPSA) is 38.3 Å². The summed E-state index contributed by atoms with van der Waals surface area (Å²) in [5.74, 6) is 0.486. The smallest absolute Gasteiger partial charge is 0.256 e. The van der Waals surface area contributed by atoms with Crippen molar-refractivity contribution >= 4 is 27.5 Å². The minimum atomic E-state index is -0.166. The van der Waals surface area contributed by atoms with Crippen LogP contribution in [0.4, 0.5) is 5.69 Å². The van der Waals surface area contributed by atoms with Gasteiger partial charge in [-0.2, -0.15) is 0 Å². The largest absolute Gasteiger partial charge is 0.497 e. The van der Waals surface area contributed by atoms with Crippen LogP contribution >= 0.6 is 15.9 Å². The van der Waals surface area contributed by atoms with Gasteiger partial charge in [-0.15, -0.1) is 0 Å². The van der Waals surface area contributed by atoms with E-state index in [1.54, 1.807) is 25.3 Å². The normalized spacial score (nSPS) is 10.2. The van der Waals surface area contributed by atoms with Crippen LogP contribution in [0.2, 0.25) is 0 Å². The lowest BCUT2D eigenvalue weighted by Crippen LogP contribution is -2.13. The zero-order valence-electron chi connectivity index (χ0n) is 11.7. The second-order valence-electron chi connectivity index (χ2n) is 4.68. The Hall–Kier alpha value is -1.81. The quantitative estimate of drug-likeness (QED) is 0.907. The van der Waals surface area contributed by atoms with E-state index in [0.29, 0.717) is 11.3 Å². The van der Waals surface area contributed by atoms with Gasteiger partial charge >= 0.3 is 0 Å². The van der Waals surface area contributed by atoms with Crippen molar-refractivity contribution in [1.29, 1.82) is 0 Å². The number of ether oxygens (including phenoxy) is 1. The number of rotatable bonds is 3. The summed E-state index contributed by atoms with van der Waals surface area (Å²) in [6, 6.07) is 11.3. The Morgan fingerprint density at radius 2 is 1.75 bits per heavy atom. The van der Waals surface area contributed by atoms with Gasteiger partial charge in [0.2, 0.25) is 0 Å². The van der Waals surface area contributed by atoms with Crippen LogP contribution in [0.5, 0.6) is 5.75 Å². The van der Waals surface area contributed by atoms with Crippen LogP contribution in [-0.4, -0.2) is 13.0 Å². The van der Waals surface area contributed by atoms with Gasteiger partial charge in [-0.25, -0.2) is 0 Å². The Bertz CT molecular complexity index is 633. The Labute approximate surface area is 127 Å². The second-order valence-corrected chi connectivity index (χ2v) is 5.53. The third-order valence-corrected chi connectivity index (χ3v) is 3.59. The number of benzene rings is 2. The van der Waals surface area contributed by atoms with Gasteiger partial charge in [-0.3, -0.25) is 4.79 Å². The highest BCUT2D eigenvalue weighted by molar-refractivity contribution is 9.10. The maximum absolute atomic E-state index is 12.3. The van der Waals surface area contributed by atoms with E-state index in [1.165, 1.54) is 0 Å². The minimum Gasteiger partial charge on any atom is -0.497 e. The molecule has 0 unspecified atom stereocenters. The van der Waals surface area contributed by atoms with E-state index in [2.05, 4.69) is 27.3 Å². The van der Waals surface area contributed by atoms with Crippen LogP contribution in [0.15, 0.2) is 40.9 Å². The molecule has 0 saturated heterocycles. The fourth-order valence-electron chi connectivity index (χ4n) is 2.05. The molecule has 2 aromatic carbocycles. The van der Waals surface area contributed by atoms with E-state index in [4.69, 9.17) is 4.74 Å². The molecule has 0 heterocycles. The zero-order chi connectivity index (χ0) is 14.7. The maximum atomic E-state index is 12.3. The van der Waals surface area contributed by atoms with Gasteiger partial charge < -0.3 is 10.1 Å². The minimum absolute atomic E-state index is 0.166. The first kappa shape index (κ1) is 14.6. The standard InChI is InChI=1S/C16H16BrNO2/c1-10-6-11(2)8-12(7-10)18-16(19)14-9-13(20-3)4-5-15(14)17/h4-9H,1-3H3,(H,18,19). The van der Waals surface area contributed by atoms with E-state index < -0.39 is 0 Å². The van der Waals surface area contributed by atoms with Gasteiger partial charge in [0, 0.05) is 10.2 Å². The number of aryl methyl sites for hydroxylation is 2. The van der Waals surface area contributed by atoms with Crippen molar-refractivity contribution in [3.05, 3.63) is 57.6 Å². The summed E-state index contributed by atoms with van der Waals surface area (Å²) < 4.78 is 5.88. The Morgan fingerprint density at radius 1 is 1.10 bits per heavy atom. The SMILES string of the molecule is COc1ccc(Br)c(C(=O)Nc2cc(C)cc(C)c2)c1. The molecule has 0 atom stereocenters. The molecule has 20 heavy (non-hydrogen) atoms. The van der Waals surface area contributed by atoms with Crippen LogP contribution in [0.25, 0.3) is 0 Å². The Morgan fingerprint density at radius 3 is 2.35 bits per heavy atom. The van der Waals surface area contributed by atoms with Gasteiger partial charge in [-0.05, 0) is 71.2 Å². The molecule has 0 aliphatic heterocycles. The first-order valence-corrected chi connectivity index (χ1v) is 7.02. The molecule has 0 fully saturated rings. The molecule has 0 spiro atoms. The molecule has 104 valence electrons. The average Bonchev–Trinajstić information content (AvgIpc) is 2.37. The second kappa shape index (κ2) is 6.09. The fraction of sp³-hybridized carbons (Fsp3) is 0.188. The van der Waals surface area contributed by atoms with Gasteiger partial charge in [0.15, 0.2) is 0 Å². The number of halogens is 1. The summed E-state index contributed by atoms with van der Waals surface area (Å²) in [6.07, 6.45) is 0. The number of hydrogen-bond donors (Lipinski definition) is 1. The van der Waals surface area contributed by atoms with Gasteiger partial charge in [-0.1, -0.05) is 6.07 Å². The molecule has 1 N–H and O–H groups in total. The summed E-state index contributed by atoms with van der Waals surface area (Å²) in [4.78, 5) is 12.3. The molecule has 0 aliphatic rings. The summed E-state index contributed by atoms with van der Waals surface area (Å²) >= 11 is 3.39. The van der Waals surface area contributed by atoms with E-state index in [0.717, 1.165) is 21.3 Å². The number of hydrogen-bond acceptors (Lipinski definition) is 2. The molecule has 1 amide bonds. The lowest BCUT2D eigenvalue weighted by molar-refractivity contribution is 0.102. The monoisotopic (exact) mass is 333 g/mol. The lowest BCUT2D eigenvalue weighted by atomic mass is 10.1. The highest BCUT2D eigenvalue weighted by Gasteiger charge is 2.12. The van der Waals surface area contributed by atoms with Gasteiger partial charge in [0.05, 0.1) is 12.7 Å². The van der Waals surface area contributed by atoms with E-state index in [-0.39, 0.29) is 5.91 Å². The van der Waals surface area contributed by atoms with Crippen LogP contribution < -0.4 is 10.1 Å². The predicted molar refractivity (Wildman–Crippen MR) is 84.6 cm³/mol.